The van der Waals surface area contributed by atoms with Gasteiger partial charge in [0, 0.05) is 17.8 Å². The van der Waals surface area contributed by atoms with Crippen molar-refractivity contribution in [1.29, 1.82) is 0 Å². The molecule has 1 amide bonds. The Bertz CT molecular complexity index is 649. The van der Waals surface area contributed by atoms with Crippen LogP contribution in [0.3, 0.4) is 0 Å². The number of benzene rings is 1. The minimum absolute atomic E-state index is 0.130. The van der Waals surface area contributed by atoms with Crippen molar-refractivity contribution in [2.75, 3.05) is 5.75 Å². The summed E-state index contributed by atoms with van der Waals surface area (Å²) in [6, 6.07) is 7.97. The van der Waals surface area contributed by atoms with Crippen LogP contribution in [0, 0.1) is 12.7 Å². The second kappa shape index (κ2) is 7.17. The number of nitrogens with one attached hydrogen (secondary N) is 1. The summed E-state index contributed by atoms with van der Waals surface area (Å²) in [4.78, 5) is 20.6. The highest BCUT2D eigenvalue weighted by atomic mass is 32.2. The second-order valence-electron chi connectivity index (χ2n) is 4.38. The molecule has 0 unspecified atom stereocenters. The Hall–Kier alpha value is -1.95. The highest BCUT2D eigenvalue weighted by molar-refractivity contribution is 7.99. The molecule has 0 saturated heterocycles. The van der Waals surface area contributed by atoms with E-state index in [1.807, 2.05) is 13.8 Å². The van der Waals surface area contributed by atoms with Gasteiger partial charge in [0.1, 0.15) is 11.5 Å². The molecule has 4 nitrogen and oxygen atoms in total. The van der Waals surface area contributed by atoms with Crippen molar-refractivity contribution in [3.8, 4) is 0 Å². The van der Waals surface area contributed by atoms with E-state index in [2.05, 4.69) is 15.3 Å². The first-order chi connectivity index (χ1) is 10.1. The van der Waals surface area contributed by atoms with Crippen LogP contribution in [0.5, 0.6) is 0 Å². The molecule has 1 heterocycles. The summed E-state index contributed by atoms with van der Waals surface area (Å²) in [7, 11) is 0. The van der Waals surface area contributed by atoms with Crippen LogP contribution in [0.1, 0.15) is 28.7 Å². The quantitative estimate of drug-likeness (QED) is 0.681. The van der Waals surface area contributed by atoms with E-state index in [4.69, 9.17) is 0 Å². The van der Waals surface area contributed by atoms with Gasteiger partial charge in [-0.1, -0.05) is 36.9 Å². The van der Waals surface area contributed by atoms with E-state index in [0.717, 1.165) is 11.4 Å². The van der Waals surface area contributed by atoms with Crippen LogP contribution in [-0.2, 0) is 6.54 Å². The fourth-order valence-electron chi connectivity index (χ4n) is 1.76. The van der Waals surface area contributed by atoms with Gasteiger partial charge in [-0.2, -0.15) is 0 Å². The lowest BCUT2D eigenvalue weighted by Gasteiger charge is -2.07. The molecule has 0 bridgehead atoms. The topological polar surface area (TPSA) is 54.9 Å². The number of aryl methyl sites for hydroxylation is 1. The molecule has 2 rings (SSSR count). The standard InChI is InChI=1S/C15H16FN3OS/c1-3-21-15-18-10(2)8-13(19-15)14(20)17-9-11-6-4-5-7-12(11)16/h4-8H,3,9H2,1-2H3,(H,17,20). The summed E-state index contributed by atoms with van der Waals surface area (Å²) in [5.41, 5.74) is 1.48. The Morgan fingerprint density at radius 1 is 1.33 bits per heavy atom. The van der Waals surface area contributed by atoms with Crippen LogP contribution >= 0.6 is 11.8 Å². The second-order valence-corrected chi connectivity index (χ2v) is 5.62. The lowest BCUT2D eigenvalue weighted by molar-refractivity contribution is 0.0944. The van der Waals surface area contributed by atoms with Crippen molar-refractivity contribution in [1.82, 2.24) is 15.3 Å². The van der Waals surface area contributed by atoms with E-state index in [1.54, 1.807) is 24.3 Å². The van der Waals surface area contributed by atoms with Crippen molar-refractivity contribution >= 4 is 17.7 Å². The number of rotatable bonds is 5. The summed E-state index contributed by atoms with van der Waals surface area (Å²) in [6.45, 7) is 3.94. The highest BCUT2D eigenvalue weighted by Crippen LogP contribution is 2.13. The summed E-state index contributed by atoms with van der Waals surface area (Å²) in [6.07, 6.45) is 0. The Kier molecular flexibility index (Phi) is 5.27. The van der Waals surface area contributed by atoms with Crippen LogP contribution in [0.4, 0.5) is 4.39 Å². The van der Waals surface area contributed by atoms with Crippen molar-refractivity contribution in [2.45, 2.75) is 25.5 Å². The molecule has 0 atom stereocenters. The lowest BCUT2D eigenvalue weighted by atomic mass is 10.2. The van der Waals surface area contributed by atoms with E-state index in [1.165, 1.54) is 17.8 Å². The smallest absolute Gasteiger partial charge is 0.270 e. The summed E-state index contributed by atoms with van der Waals surface area (Å²) >= 11 is 1.48. The Balaban J connectivity index is 2.08. The molecule has 0 aliphatic rings. The van der Waals surface area contributed by atoms with Crippen LogP contribution < -0.4 is 5.32 Å². The SMILES string of the molecule is CCSc1nc(C)cc(C(=O)NCc2ccccc2F)n1. The third-order valence-corrected chi connectivity index (χ3v) is 3.47. The number of carbonyl (C=O) groups excluding carboxylic acids is 1. The average molecular weight is 305 g/mol. The molecule has 0 saturated carbocycles. The minimum atomic E-state index is -0.334. The Labute approximate surface area is 127 Å². The van der Waals surface area contributed by atoms with Crippen molar-refractivity contribution in [2.24, 2.45) is 0 Å². The fraction of sp³-hybridized carbons (Fsp3) is 0.267. The first-order valence-corrected chi connectivity index (χ1v) is 7.58. The number of hydrogen-bond acceptors (Lipinski definition) is 4. The molecule has 0 aliphatic carbocycles. The molecule has 6 heteroatoms. The predicted molar refractivity (Wildman–Crippen MR) is 80.7 cm³/mol. The molecule has 1 aromatic heterocycles. The molecule has 110 valence electrons. The van der Waals surface area contributed by atoms with Gasteiger partial charge in [-0.25, -0.2) is 14.4 Å². The number of amides is 1. The van der Waals surface area contributed by atoms with Gasteiger partial charge >= 0.3 is 0 Å². The fourth-order valence-corrected chi connectivity index (χ4v) is 2.39. The maximum absolute atomic E-state index is 13.5. The first-order valence-electron chi connectivity index (χ1n) is 6.60. The molecule has 0 radical (unpaired) electrons. The Morgan fingerprint density at radius 3 is 2.81 bits per heavy atom. The zero-order chi connectivity index (χ0) is 15.2. The van der Waals surface area contributed by atoms with Gasteiger partial charge in [-0.05, 0) is 24.8 Å². The van der Waals surface area contributed by atoms with Crippen LogP contribution in [0.15, 0.2) is 35.5 Å². The molecule has 21 heavy (non-hydrogen) atoms. The van der Waals surface area contributed by atoms with E-state index in [-0.39, 0.29) is 18.3 Å². The highest BCUT2D eigenvalue weighted by Gasteiger charge is 2.11. The summed E-state index contributed by atoms with van der Waals surface area (Å²) in [5.74, 6) is 0.167. The molecular formula is C15H16FN3OS. The number of hydrogen-bond donors (Lipinski definition) is 1. The first kappa shape index (κ1) is 15.4. The van der Waals surface area contributed by atoms with E-state index in [9.17, 15) is 9.18 Å². The van der Waals surface area contributed by atoms with Gasteiger partial charge in [0.05, 0.1) is 0 Å². The monoisotopic (exact) mass is 305 g/mol. The lowest BCUT2D eigenvalue weighted by Crippen LogP contribution is -2.24. The molecule has 2 aromatic rings. The average Bonchev–Trinajstić information content (AvgIpc) is 2.46. The van der Waals surface area contributed by atoms with Gasteiger partial charge in [0.15, 0.2) is 5.16 Å². The molecule has 1 aromatic carbocycles. The van der Waals surface area contributed by atoms with Gasteiger partial charge in [0.2, 0.25) is 0 Å². The predicted octanol–water partition coefficient (Wildman–Crippen LogP) is 2.97. The van der Waals surface area contributed by atoms with Gasteiger partial charge in [0.25, 0.3) is 5.91 Å². The van der Waals surface area contributed by atoms with Gasteiger partial charge in [-0.3, -0.25) is 4.79 Å². The zero-order valence-electron chi connectivity index (χ0n) is 11.9. The number of thioether (sulfide) groups is 1. The van der Waals surface area contributed by atoms with Crippen LogP contribution in [-0.4, -0.2) is 21.6 Å². The number of halogens is 1. The van der Waals surface area contributed by atoms with Crippen molar-refractivity contribution in [3.05, 3.63) is 53.1 Å². The third-order valence-electron chi connectivity index (χ3n) is 2.74. The molecule has 0 spiro atoms. The summed E-state index contributed by atoms with van der Waals surface area (Å²) < 4.78 is 13.5. The maximum Gasteiger partial charge on any atom is 0.270 e. The molecular weight excluding hydrogens is 289 g/mol. The summed E-state index contributed by atoms with van der Waals surface area (Å²) in [5, 5.41) is 3.25. The van der Waals surface area contributed by atoms with Crippen molar-refractivity contribution in [3.63, 3.8) is 0 Å². The Morgan fingerprint density at radius 2 is 2.10 bits per heavy atom. The normalized spacial score (nSPS) is 10.4. The molecule has 0 fully saturated rings. The largest absolute Gasteiger partial charge is 0.347 e. The zero-order valence-corrected chi connectivity index (χ0v) is 12.7. The van der Waals surface area contributed by atoms with Crippen LogP contribution in [0.2, 0.25) is 0 Å². The van der Waals surface area contributed by atoms with Gasteiger partial charge < -0.3 is 5.32 Å². The van der Waals surface area contributed by atoms with E-state index >= 15 is 0 Å². The van der Waals surface area contributed by atoms with Crippen LogP contribution in [0.25, 0.3) is 0 Å². The van der Waals surface area contributed by atoms with Gasteiger partial charge in [-0.15, -0.1) is 0 Å². The third kappa shape index (κ3) is 4.26. The number of aromatic nitrogens is 2. The van der Waals surface area contributed by atoms with E-state index < -0.39 is 0 Å². The maximum atomic E-state index is 13.5. The number of nitrogens with zero attached hydrogens (tertiary/aromatic N) is 2. The van der Waals surface area contributed by atoms with E-state index in [0.29, 0.717) is 16.4 Å². The van der Waals surface area contributed by atoms with Crippen molar-refractivity contribution < 1.29 is 9.18 Å². The molecule has 0 aliphatic heterocycles. The molecule has 1 N–H and O–H groups in total. The minimum Gasteiger partial charge on any atom is -0.347 e. The number of carbonyl (C=O) groups is 1.